The number of carbonyl (C=O) groups excluding carboxylic acids is 1. The minimum absolute atomic E-state index is 0.198. The van der Waals surface area contributed by atoms with Gasteiger partial charge in [-0.2, -0.15) is 10.2 Å². The summed E-state index contributed by atoms with van der Waals surface area (Å²) in [6.07, 6.45) is 0.259. The standard InChI is InChI=1S/C24H28N6O4S/c1-12-8-13-10-16(35-20(13)15(9-12)33-5)18-17-19(22(31)27-26-21(17)25)30(28-18)14-6-7-29(11-14)23(32)34-24(2,3)4/h8-10,14H,6-7,11H2,1-5H3,(H2,25,26)(H,27,31). The van der Waals surface area contributed by atoms with Gasteiger partial charge in [-0.05, 0) is 57.2 Å². The third-order valence-electron chi connectivity index (χ3n) is 6.00. The first-order chi connectivity index (χ1) is 16.6. The summed E-state index contributed by atoms with van der Waals surface area (Å²) in [6, 6.07) is 5.90. The average molecular weight is 497 g/mol. The maximum atomic E-state index is 12.9. The molecule has 1 amide bonds. The van der Waals surface area contributed by atoms with E-state index in [4.69, 9.17) is 20.3 Å². The Balaban J connectivity index is 1.61. The summed E-state index contributed by atoms with van der Waals surface area (Å²) in [4.78, 5) is 28.0. The highest BCUT2D eigenvalue weighted by molar-refractivity contribution is 7.22. The first-order valence-electron chi connectivity index (χ1n) is 11.4. The maximum Gasteiger partial charge on any atom is 0.410 e. The molecule has 1 aromatic carbocycles. The number of likely N-dealkylation sites (tertiary alicyclic amines) is 1. The van der Waals surface area contributed by atoms with Crippen LogP contribution in [-0.2, 0) is 4.74 Å². The molecule has 1 fully saturated rings. The van der Waals surface area contributed by atoms with Crippen LogP contribution >= 0.6 is 11.3 Å². The number of nitrogen functional groups attached to an aromatic ring is 1. The highest BCUT2D eigenvalue weighted by Gasteiger charge is 2.33. The van der Waals surface area contributed by atoms with Crippen molar-refractivity contribution in [2.45, 2.75) is 45.8 Å². The average Bonchev–Trinajstić information content (AvgIpc) is 3.50. The van der Waals surface area contributed by atoms with E-state index >= 15 is 0 Å². The minimum Gasteiger partial charge on any atom is -0.495 e. The second kappa shape index (κ2) is 8.26. The van der Waals surface area contributed by atoms with Gasteiger partial charge in [0.15, 0.2) is 5.82 Å². The predicted octanol–water partition coefficient (Wildman–Crippen LogP) is 4.08. The van der Waals surface area contributed by atoms with E-state index in [0.717, 1.165) is 26.3 Å². The van der Waals surface area contributed by atoms with E-state index in [2.05, 4.69) is 16.3 Å². The lowest BCUT2D eigenvalue weighted by Gasteiger charge is -2.24. The molecule has 10 nitrogen and oxygen atoms in total. The fraction of sp³-hybridized carbons (Fsp3) is 0.417. The Bertz CT molecular complexity index is 1510. The lowest BCUT2D eigenvalue weighted by Crippen LogP contribution is -2.35. The Kier molecular flexibility index (Phi) is 5.47. The number of aryl methyl sites for hydroxylation is 1. The highest BCUT2D eigenvalue weighted by atomic mass is 32.1. The van der Waals surface area contributed by atoms with Crippen LogP contribution in [0.25, 0.3) is 31.6 Å². The summed E-state index contributed by atoms with van der Waals surface area (Å²) < 4.78 is 13.8. The number of aromatic amines is 1. The lowest BCUT2D eigenvalue weighted by atomic mass is 10.1. The molecule has 0 bridgehead atoms. The Labute approximate surface area is 205 Å². The Hall–Kier alpha value is -3.60. The molecule has 35 heavy (non-hydrogen) atoms. The van der Waals surface area contributed by atoms with Crippen LogP contribution in [0.4, 0.5) is 10.6 Å². The second-order valence-corrected chi connectivity index (χ2v) is 10.9. The topological polar surface area (TPSA) is 128 Å². The van der Waals surface area contributed by atoms with E-state index in [1.54, 1.807) is 16.7 Å². The van der Waals surface area contributed by atoms with Crippen molar-refractivity contribution in [1.29, 1.82) is 0 Å². The largest absolute Gasteiger partial charge is 0.495 e. The van der Waals surface area contributed by atoms with E-state index in [1.807, 2.05) is 39.8 Å². The van der Waals surface area contributed by atoms with Crippen LogP contribution in [0.5, 0.6) is 5.75 Å². The molecule has 3 N–H and O–H groups in total. The minimum atomic E-state index is -0.585. The number of nitrogens with one attached hydrogen (secondary N) is 1. The first-order valence-corrected chi connectivity index (χ1v) is 12.2. The fourth-order valence-electron chi connectivity index (χ4n) is 4.52. The molecule has 0 radical (unpaired) electrons. The fourth-order valence-corrected chi connectivity index (χ4v) is 5.64. The quantitative estimate of drug-likeness (QED) is 0.437. The molecule has 1 aliphatic rings. The number of H-pyrrole nitrogens is 1. The van der Waals surface area contributed by atoms with Gasteiger partial charge in [-0.15, -0.1) is 11.3 Å². The van der Waals surface area contributed by atoms with Crippen molar-refractivity contribution in [3.63, 3.8) is 0 Å². The number of methoxy groups -OCH3 is 1. The summed E-state index contributed by atoms with van der Waals surface area (Å²) in [5, 5.41) is 12.9. The Morgan fingerprint density at radius 1 is 1.29 bits per heavy atom. The second-order valence-electron chi connectivity index (χ2n) is 9.82. The van der Waals surface area contributed by atoms with Crippen LogP contribution < -0.4 is 16.0 Å². The van der Waals surface area contributed by atoms with Gasteiger partial charge in [0, 0.05) is 13.1 Å². The van der Waals surface area contributed by atoms with Gasteiger partial charge >= 0.3 is 6.09 Å². The van der Waals surface area contributed by atoms with Gasteiger partial charge in [0.25, 0.3) is 5.56 Å². The van der Waals surface area contributed by atoms with Crippen molar-refractivity contribution >= 4 is 44.2 Å². The van der Waals surface area contributed by atoms with E-state index in [1.165, 1.54) is 11.3 Å². The number of nitrogens with two attached hydrogens (primary N) is 1. The molecule has 5 rings (SSSR count). The van der Waals surface area contributed by atoms with Gasteiger partial charge in [-0.3, -0.25) is 9.48 Å². The van der Waals surface area contributed by atoms with Crippen LogP contribution in [0.15, 0.2) is 23.0 Å². The summed E-state index contributed by atoms with van der Waals surface area (Å²) in [7, 11) is 1.65. The number of rotatable bonds is 3. The van der Waals surface area contributed by atoms with E-state index in [0.29, 0.717) is 36.1 Å². The summed E-state index contributed by atoms with van der Waals surface area (Å²) in [5.74, 6) is 0.983. The smallest absolute Gasteiger partial charge is 0.410 e. The first kappa shape index (κ1) is 23.2. The molecule has 0 spiro atoms. The van der Waals surface area contributed by atoms with Gasteiger partial charge in [0.1, 0.15) is 22.6 Å². The number of nitrogens with zero attached hydrogens (tertiary/aromatic N) is 4. The summed E-state index contributed by atoms with van der Waals surface area (Å²) >= 11 is 1.53. The molecule has 1 saturated heterocycles. The molecule has 0 aliphatic carbocycles. The number of aromatic nitrogens is 4. The van der Waals surface area contributed by atoms with Crippen LogP contribution in [0, 0.1) is 6.92 Å². The summed E-state index contributed by atoms with van der Waals surface area (Å²) in [5.41, 5.74) is 7.32. The molecule has 1 atom stereocenters. The van der Waals surface area contributed by atoms with Crippen molar-refractivity contribution in [3.05, 3.63) is 34.1 Å². The molecule has 1 unspecified atom stereocenters. The number of fused-ring (bicyclic) bond motifs is 2. The number of amides is 1. The molecule has 184 valence electrons. The molecular weight excluding hydrogens is 468 g/mol. The van der Waals surface area contributed by atoms with Gasteiger partial charge in [-0.25, -0.2) is 9.89 Å². The van der Waals surface area contributed by atoms with E-state index in [9.17, 15) is 9.59 Å². The number of anilines is 1. The van der Waals surface area contributed by atoms with E-state index < -0.39 is 5.60 Å². The Morgan fingerprint density at radius 3 is 2.77 bits per heavy atom. The Morgan fingerprint density at radius 2 is 2.06 bits per heavy atom. The molecule has 4 aromatic rings. The van der Waals surface area contributed by atoms with Crippen molar-refractivity contribution < 1.29 is 14.3 Å². The number of hydrogen-bond donors (Lipinski definition) is 2. The normalized spacial score (nSPS) is 16.4. The third-order valence-corrected chi connectivity index (χ3v) is 7.17. The van der Waals surface area contributed by atoms with Gasteiger partial charge in [-0.1, -0.05) is 6.07 Å². The van der Waals surface area contributed by atoms with Crippen LogP contribution in [0.2, 0.25) is 0 Å². The molecular formula is C24H28N6O4S. The van der Waals surface area contributed by atoms with Crippen molar-refractivity contribution in [2.24, 2.45) is 0 Å². The molecule has 11 heteroatoms. The van der Waals surface area contributed by atoms with Crippen molar-refractivity contribution in [1.82, 2.24) is 24.9 Å². The van der Waals surface area contributed by atoms with Crippen LogP contribution in [0.3, 0.4) is 0 Å². The SMILES string of the molecule is COc1cc(C)cc2cc(-c3nn(C4CCN(C(=O)OC(C)(C)C)C4)c4c(=O)[nH]nc(N)c34)sc12. The predicted molar refractivity (Wildman–Crippen MR) is 136 cm³/mol. The maximum absolute atomic E-state index is 12.9. The van der Waals surface area contributed by atoms with Crippen LogP contribution in [0.1, 0.15) is 38.8 Å². The van der Waals surface area contributed by atoms with Gasteiger partial charge in [0.2, 0.25) is 0 Å². The number of ether oxygens (including phenoxy) is 2. The summed E-state index contributed by atoms with van der Waals surface area (Å²) in [6.45, 7) is 8.41. The number of thiophene rings is 1. The molecule has 0 saturated carbocycles. The van der Waals surface area contributed by atoms with Crippen molar-refractivity contribution in [2.75, 3.05) is 25.9 Å². The number of carbonyl (C=O) groups is 1. The van der Waals surface area contributed by atoms with Gasteiger partial charge in [0.05, 0.1) is 28.1 Å². The van der Waals surface area contributed by atoms with Gasteiger partial charge < -0.3 is 20.1 Å². The van der Waals surface area contributed by atoms with E-state index in [-0.39, 0.29) is 23.5 Å². The highest BCUT2D eigenvalue weighted by Crippen LogP contribution is 2.42. The van der Waals surface area contributed by atoms with Crippen LogP contribution in [-0.4, -0.2) is 56.8 Å². The molecule has 1 aliphatic heterocycles. The monoisotopic (exact) mass is 496 g/mol. The zero-order valence-corrected chi connectivity index (χ0v) is 21.2. The zero-order chi connectivity index (χ0) is 25.1. The lowest BCUT2D eigenvalue weighted by molar-refractivity contribution is 0.0288. The molecule has 4 heterocycles. The molecule has 3 aromatic heterocycles. The number of hydrogen-bond acceptors (Lipinski definition) is 8. The zero-order valence-electron chi connectivity index (χ0n) is 20.3. The van der Waals surface area contributed by atoms with Crippen molar-refractivity contribution in [3.8, 4) is 16.3 Å². The number of benzene rings is 1. The third kappa shape index (κ3) is 4.09.